The standard InChI is InChI=1S/C16H25F3N4O2S2.HI/c1-3-13-5-6-14(26-13)11-21-15(20-4-2)22-12-7-9-23(10-8-12)27(24,25)16(17,18)19;/h5-6,12H,3-4,7-11H2,1-2H3,(H2,20,21,22);1H. The molecule has 2 rings (SSSR count). The number of thiophene rings is 1. The van der Waals surface area contributed by atoms with Crippen LogP contribution in [-0.4, -0.2) is 49.9 Å². The second-order valence-corrected chi connectivity index (χ2v) is 9.37. The highest BCUT2D eigenvalue weighted by Crippen LogP contribution is 2.29. The molecule has 162 valence electrons. The molecule has 1 fully saturated rings. The van der Waals surface area contributed by atoms with Gasteiger partial charge in [0.15, 0.2) is 5.96 Å². The van der Waals surface area contributed by atoms with Crippen LogP contribution in [0.2, 0.25) is 0 Å². The number of halogens is 4. The van der Waals surface area contributed by atoms with Crippen LogP contribution in [0.25, 0.3) is 0 Å². The smallest absolute Gasteiger partial charge is 0.357 e. The van der Waals surface area contributed by atoms with Gasteiger partial charge in [-0.1, -0.05) is 6.92 Å². The van der Waals surface area contributed by atoms with Crippen molar-refractivity contribution in [2.45, 2.75) is 51.2 Å². The van der Waals surface area contributed by atoms with Crippen LogP contribution in [0.3, 0.4) is 0 Å². The van der Waals surface area contributed by atoms with Crippen LogP contribution in [0.5, 0.6) is 0 Å². The van der Waals surface area contributed by atoms with Crippen molar-refractivity contribution in [3.05, 3.63) is 21.9 Å². The zero-order valence-corrected chi connectivity index (χ0v) is 19.7. The Bertz CT molecular complexity index is 745. The average Bonchev–Trinajstić information content (AvgIpc) is 3.07. The van der Waals surface area contributed by atoms with E-state index < -0.39 is 15.5 Å². The minimum absolute atomic E-state index is 0. The first kappa shape index (κ1) is 25.4. The average molecular weight is 554 g/mol. The van der Waals surface area contributed by atoms with Crippen LogP contribution in [0.15, 0.2) is 17.1 Å². The Labute approximate surface area is 185 Å². The molecule has 0 unspecified atom stereocenters. The summed E-state index contributed by atoms with van der Waals surface area (Å²) in [6.45, 7) is 4.86. The van der Waals surface area contributed by atoms with Gasteiger partial charge in [-0.3, -0.25) is 0 Å². The molecular weight excluding hydrogens is 528 g/mol. The molecular formula is C16H26F3IN4O2S2. The van der Waals surface area contributed by atoms with Gasteiger partial charge in [0.2, 0.25) is 0 Å². The van der Waals surface area contributed by atoms with E-state index in [0.29, 0.717) is 36.2 Å². The summed E-state index contributed by atoms with van der Waals surface area (Å²) in [6.07, 6.45) is 1.56. The van der Waals surface area contributed by atoms with E-state index in [4.69, 9.17) is 0 Å². The fraction of sp³-hybridized carbons (Fsp3) is 0.688. The number of aryl methyl sites for hydroxylation is 1. The maximum atomic E-state index is 12.6. The van der Waals surface area contributed by atoms with Gasteiger partial charge in [-0.15, -0.1) is 35.3 Å². The maximum absolute atomic E-state index is 12.6. The van der Waals surface area contributed by atoms with E-state index in [1.54, 1.807) is 11.3 Å². The van der Waals surface area contributed by atoms with E-state index in [1.807, 2.05) is 13.0 Å². The van der Waals surface area contributed by atoms with E-state index >= 15 is 0 Å². The van der Waals surface area contributed by atoms with E-state index in [2.05, 4.69) is 28.6 Å². The Morgan fingerprint density at radius 2 is 1.86 bits per heavy atom. The quantitative estimate of drug-likeness (QED) is 0.322. The number of rotatable bonds is 6. The van der Waals surface area contributed by atoms with Gasteiger partial charge in [0.05, 0.1) is 6.54 Å². The number of alkyl halides is 3. The molecule has 0 spiro atoms. The number of hydrogen-bond acceptors (Lipinski definition) is 4. The molecule has 6 nitrogen and oxygen atoms in total. The van der Waals surface area contributed by atoms with Gasteiger partial charge in [0, 0.05) is 35.4 Å². The number of aliphatic imine (C=N–C) groups is 1. The summed E-state index contributed by atoms with van der Waals surface area (Å²) in [7, 11) is -5.25. The van der Waals surface area contributed by atoms with Gasteiger partial charge in [0.25, 0.3) is 0 Å². The molecule has 0 aliphatic carbocycles. The van der Waals surface area contributed by atoms with E-state index in [0.717, 1.165) is 11.3 Å². The number of sulfonamides is 1. The molecule has 1 aromatic heterocycles. The first-order chi connectivity index (χ1) is 12.7. The monoisotopic (exact) mass is 554 g/mol. The Hall–Kier alpha value is -0.600. The van der Waals surface area contributed by atoms with Crippen molar-refractivity contribution in [2.75, 3.05) is 19.6 Å². The molecule has 0 radical (unpaired) electrons. The van der Waals surface area contributed by atoms with Crippen molar-refractivity contribution < 1.29 is 21.6 Å². The number of piperidine rings is 1. The second-order valence-electron chi connectivity index (χ2n) is 6.19. The van der Waals surface area contributed by atoms with Crippen molar-refractivity contribution in [2.24, 2.45) is 4.99 Å². The van der Waals surface area contributed by atoms with Gasteiger partial charge in [-0.2, -0.15) is 17.5 Å². The fourth-order valence-electron chi connectivity index (χ4n) is 2.75. The highest BCUT2D eigenvalue weighted by Gasteiger charge is 2.50. The van der Waals surface area contributed by atoms with Crippen LogP contribution in [-0.2, 0) is 23.0 Å². The minimum atomic E-state index is -5.25. The van der Waals surface area contributed by atoms with Gasteiger partial charge in [-0.05, 0) is 38.3 Å². The third-order valence-corrected chi connectivity index (χ3v) is 7.07. The largest absolute Gasteiger partial charge is 0.511 e. The third-order valence-electron chi connectivity index (χ3n) is 4.23. The Morgan fingerprint density at radius 3 is 2.36 bits per heavy atom. The number of nitrogens with one attached hydrogen (secondary N) is 2. The minimum Gasteiger partial charge on any atom is -0.357 e. The van der Waals surface area contributed by atoms with Gasteiger partial charge >= 0.3 is 15.5 Å². The summed E-state index contributed by atoms with van der Waals surface area (Å²) in [6, 6.07) is 3.99. The van der Waals surface area contributed by atoms with Crippen LogP contribution in [0.1, 0.15) is 36.4 Å². The first-order valence-corrected chi connectivity index (χ1v) is 11.1. The Morgan fingerprint density at radius 1 is 1.25 bits per heavy atom. The lowest BCUT2D eigenvalue weighted by atomic mass is 10.1. The maximum Gasteiger partial charge on any atom is 0.511 e. The van der Waals surface area contributed by atoms with Crippen LogP contribution in [0, 0.1) is 0 Å². The second kappa shape index (κ2) is 11.0. The molecule has 0 bridgehead atoms. The number of nitrogens with zero attached hydrogens (tertiary/aromatic N) is 2. The molecule has 28 heavy (non-hydrogen) atoms. The molecule has 0 saturated carbocycles. The summed E-state index contributed by atoms with van der Waals surface area (Å²) in [5, 5.41) is 6.32. The zero-order chi connectivity index (χ0) is 20.1. The highest BCUT2D eigenvalue weighted by atomic mass is 127. The van der Waals surface area contributed by atoms with Gasteiger partial charge < -0.3 is 10.6 Å². The predicted octanol–water partition coefficient (Wildman–Crippen LogP) is 3.30. The number of guanidine groups is 1. The Balaban J connectivity index is 0.00000392. The van der Waals surface area contributed by atoms with Crippen molar-refractivity contribution >= 4 is 51.3 Å². The molecule has 0 amide bonds. The van der Waals surface area contributed by atoms with Crippen molar-refractivity contribution in [3.8, 4) is 0 Å². The summed E-state index contributed by atoms with van der Waals surface area (Å²) < 4.78 is 61.4. The molecule has 1 aliphatic heterocycles. The summed E-state index contributed by atoms with van der Waals surface area (Å²) in [5.74, 6) is 0.584. The normalized spacial score (nSPS) is 17.2. The van der Waals surface area contributed by atoms with E-state index in [9.17, 15) is 21.6 Å². The van der Waals surface area contributed by atoms with Crippen molar-refractivity contribution in [1.29, 1.82) is 0 Å². The lowest BCUT2D eigenvalue weighted by Crippen LogP contribution is -2.51. The van der Waals surface area contributed by atoms with Crippen molar-refractivity contribution in [3.63, 3.8) is 0 Å². The molecule has 0 atom stereocenters. The predicted molar refractivity (Wildman–Crippen MR) is 117 cm³/mol. The summed E-state index contributed by atoms with van der Waals surface area (Å²) >= 11 is 1.70. The zero-order valence-electron chi connectivity index (χ0n) is 15.8. The molecule has 2 N–H and O–H groups in total. The van der Waals surface area contributed by atoms with Crippen LogP contribution in [0.4, 0.5) is 13.2 Å². The highest BCUT2D eigenvalue weighted by molar-refractivity contribution is 14.0. The third kappa shape index (κ3) is 6.73. The van der Waals surface area contributed by atoms with E-state index in [1.165, 1.54) is 4.88 Å². The van der Waals surface area contributed by atoms with Crippen LogP contribution < -0.4 is 10.6 Å². The Kier molecular flexibility index (Phi) is 9.97. The van der Waals surface area contributed by atoms with Gasteiger partial charge in [-0.25, -0.2) is 13.4 Å². The van der Waals surface area contributed by atoms with Crippen LogP contribution >= 0.6 is 35.3 Å². The molecule has 1 aromatic rings. The topological polar surface area (TPSA) is 73.8 Å². The fourth-order valence-corrected chi connectivity index (χ4v) is 4.62. The van der Waals surface area contributed by atoms with Gasteiger partial charge in [0.1, 0.15) is 0 Å². The van der Waals surface area contributed by atoms with E-state index in [-0.39, 0.29) is 43.1 Å². The SMILES string of the molecule is CCNC(=NCc1ccc(CC)s1)NC1CCN(S(=O)(=O)C(F)(F)F)CC1.I. The molecule has 1 aliphatic rings. The first-order valence-electron chi connectivity index (χ1n) is 8.86. The molecule has 1 saturated heterocycles. The molecule has 2 heterocycles. The number of hydrogen-bond donors (Lipinski definition) is 2. The molecule has 0 aromatic carbocycles. The van der Waals surface area contributed by atoms with Crippen molar-refractivity contribution in [1.82, 2.24) is 14.9 Å². The summed E-state index contributed by atoms with van der Waals surface area (Å²) in [4.78, 5) is 6.95. The molecule has 12 heteroatoms. The summed E-state index contributed by atoms with van der Waals surface area (Å²) in [5.41, 5.74) is -5.25. The lowest BCUT2D eigenvalue weighted by molar-refractivity contribution is -0.0494. The lowest BCUT2D eigenvalue weighted by Gasteiger charge is -2.32.